The van der Waals surface area contributed by atoms with E-state index in [1.807, 2.05) is 32.8 Å². The number of aliphatic hydroxyl groups excluding tert-OH is 1. The second-order valence-electron chi connectivity index (χ2n) is 8.65. The highest BCUT2D eigenvalue weighted by atomic mass is 16.5. The zero-order chi connectivity index (χ0) is 25.0. The number of hydrogen-bond acceptors (Lipinski definition) is 7. The summed E-state index contributed by atoms with van der Waals surface area (Å²) in [7, 11) is 3.75. The van der Waals surface area contributed by atoms with Gasteiger partial charge in [-0.1, -0.05) is 6.07 Å². The Labute approximate surface area is 200 Å². The maximum atomic E-state index is 13.1. The van der Waals surface area contributed by atoms with E-state index in [1.54, 1.807) is 43.3 Å². The Morgan fingerprint density at radius 3 is 2.38 bits per heavy atom. The second kappa shape index (κ2) is 10.6. The van der Waals surface area contributed by atoms with Crippen LogP contribution in [0, 0.1) is 0 Å². The minimum absolute atomic E-state index is 0.00417. The third-order valence-corrected chi connectivity index (χ3v) is 5.43. The molecule has 1 unspecified atom stereocenters. The SMILES string of the molecule is CCOc1cc(C2/C(=C(\O)c3ccc(OC(C)C)cc3)C(=O)C(=O)N2CCN(C)C)ccc1O. The molecule has 0 saturated carbocycles. The van der Waals surface area contributed by atoms with Gasteiger partial charge in [-0.25, -0.2) is 0 Å². The second-order valence-corrected chi connectivity index (χ2v) is 8.65. The van der Waals surface area contributed by atoms with Gasteiger partial charge in [-0.05, 0) is 76.8 Å². The fourth-order valence-corrected chi connectivity index (χ4v) is 3.86. The lowest BCUT2D eigenvalue weighted by molar-refractivity contribution is -0.140. The third kappa shape index (κ3) is 5.34. The predicted molar refractivity (Wildman–Crippen MR) is 129 cm³/mol. The number of likely N-dealkylation sites (tertiary alicyclic amines) is 1. The van der Waals surface area contributed by atoms with Gasteiger partial charge in [-0.15, -0.1) is 0 Å². The van der Waals surface area contributed by atoms with Gasteiger partial charge in [0.2, 0.25) is 0 Å². The van der Waals surface area contributed by atoms with Crippen LogP contribution in [0.25, 0.3) is 5.76 Å². The van der Waals surface area contributed by atoms with Crippen molar-refractivity contribution in [3.63, 3.8) is 0 Å². The molecule has 182 valence electrons. The van der Waals surface area contributed by atoms with Crippen LogP contribution in [0.5, 0.6) is 17.2 Å². The summed E-state index contributed by atoms with van der Waals surface area (Å²) in [6, 6.07) is 10.6. The number of Topliss-reactive ketones (excluding diaryl/α,β-unsaturated/α-hetero) is 1. The first-order valence-electron chi connectivity index (χ1n) is 11.3. The molecular weight excluding hydrogens is 436 g/mol. The van der Waals surface area contributed by atoms with Crippen LogP contribution in [-0.2, 0) is 9.59 Å². The summed E-state index contributed by atoms with van der Waals surface area (Å²) in [5, 5.41) is 21.3. The van der Waals surface area contributed by atoms with E-state index in [1.165, 1.54) is 11.0 Å². The molecule has 1 fully saturated rings. The Bertz CT molecular complexity index is 1080. The van der Waals surface area contributed by atoms with Gasteiger partial charge in [0.15, 0.2) is 11.5 Å². The number of rotatable bonds is 9. The van der Waals surface area contributed by atoms with Crippen molar-refractivity contribution in [3.05, 3.63) is 59.2 Å². The topological polar surface area (TPSA) is 99.5 Å². The molecule has 2 N–H and O–H groups in total. The highest BCUT2D eigenvalue weighted by Crippen LogP contribution is 2.41. The Balaban J connectivity index is 2.11. The van der Waals surface area contributed by atoms with Crippen LogP contribution in [0.2, 0.25) is 0 Å². The van der Waals surface area contributed by atoms with Gasteiger partial charge >= 0.3 is 0 Å². The summed E-state index contributed by atoms with van der Waals surface area (Å²) >= 11 is 0. The number of ether oxygens (including phenoxy) is 2. The molecule has 1 aliphatic heterocycles. The van der Waals surface area contributed by atoms with Crippen LogP contribution in [0.3, 0.4) is 0 Å². The molecular formula is C26H32N2O6. The Morgan fingerprint density at radius 1 is 1.12 bits per heavy atom. The van der Waals surface area contributed by atoms with Gasteiger partial charge in [0.1, 0.15) is 11.5 Å². The summed E-state index contributed by atoms with van der Waals surface area (Å²) in [6.45, 7) is 6.77. The average molecular weight is 469 g/mol. The molecule has 8 nitrogen and oxygen atoms in total. The number of carbonyl (C=O) groups is 2. The number of ketones is 1. The number of likely N-dealkylation sites (N-methyl/N-ethyl adjacent to an activating group) is 1. The van der Waals surface area contributed by atoms with Crippen molar-refractivity contribution in [2.45, 2.75) is 32.9 Å². The predicted octanol–water partition coefficient (Wildman–Crippen LogP) is 3.56. The van der Waals surface area contributed by atoms with Crippen molar-refractivity contribution in [1.29, 1.82) is 0 Å². The molecule has 8 heteroatoms. The molecule has 1 heterocycles. The van der Waals surface area contributed by atoms with Crippen LogP contribution in [0.1, 0.15) is 37.9 Å². The number of phenols is 1. The van der Waals surface area contributed by atoms with Crippen molar-refractivity contribution >= 4 is 17.4 Å². The van der Waals surface area contributed by atoms with Crippen LogP contribution in [0.15, 0.2) is 48.0 Å². The van der Waals surface area contributed by atoms with Gasteiger partial charge in [0.05, 0.1) is 24.3 Å². The Hall–Kier alpha value is -3.52. The zero-order valence-electron chi connectivity index (χ0n) is 20.2. The fraction of sp³-hybridized carbons (Fsp3) is 0.385. The van der Waals surface area contributed by atoms with Gasteiger partial charge in [-0.3, -0.25) is 9.59 Å². The maximum Gasteiger partial charge on any atom is 0.295 e. The summed E-state index contributed by atoms with van der Waals surface area (Å²) in [4.78, 5) is 29.5. The molecule has 34 heavy (non-hydrogen) atoms. The number of nitrogens with zero attached hydrogens (tertiary/aromatic N) is 2. The number of hydrogen-bond donors (Lipinski definition) is 2. The van der Waals surface area contributed by atoms with Crippen LogP contribution in [-0.4, -0.2) is 71.6 Å². The van der Waals surface area contributed by atoms with E-state index >= 15 is 0 Å². The number of phenolic OH excluding ortho intramolecular Hbond substituents is 1. The van der Waals surface area contributed by atoms with Crippen molar-refractivity contribution in [2.24, 2.45) is 0 Å². The smallest absolute Gasteiger partial charge is 0.295 e. The summed E-state index contributed by atoms with van der Waals surface area (Å²) in [5.74, 6) is -0.869. The van der Waals surface area contributed by atoms with Gasteiger partial charge in [0.25, 0.3) is 11.7 Å². The van der Waals surface area contributed by atoms with Crippen molar-refractivity contribution in [2.75, 3.05) is 33.8 Å². The minimum Gasteiger partial charge on any atom is -0.507 e. The van der Waals surface area contributed by atoms with Gasteiger partial charge < -0.3 is 29.5 Å². The number of aromatic hydroxyl groups is 1. The standard InChI is InChI=1S/C26H32N2O6/c1-6-33-21-15-18(9-12-20(21)29)23-22(25(31)26(32)28(23)14-13-27(4)5)24(30)17-7-10-19(11-8-17)34-16(2)3/h7-12,15-16,23,29-30H,6,13-14H2,1-5H3/b24-22+. The summed E-state index contributed by atoms with van der Waals surface area (Å²) in [5.41, 5.74) is 0.950. The minimum atomic E-state index is -0.827. The molecule has 1 atom stereocenters. The van der Waals surface area contributed by atoms with Crippen LogP contribution < -0.4 is 9.47 Å². The first-order chi connectivity index (χ1) is 16.1. The molecule has 1 amide bonds. The van der Waals surface area contributed by atoms with E-state index in [0.717, 1.165) is 0 Å². The molecule has 0 radical (unpaired) electrons. The molecule has 0 bridgehead atoms. The average Bonchev–Trinajstić information content (AvgIpc) is 3.03. The van der Waals surface area contributed by atoms with Crippen molar-refractivity contribution in [1.82, 2.24) is 9.80 Å². The summed E-state index contributed by atoms with van der Waals surface area (Å²) < 4.78 is 11.2. The number of amides is 1. The first-order valence-corrected chi connectivity index (χ1v) is 11.3. The van der Waals surface area contributed by atoms with Crippen molar-refractivity contribution < 1.29 is 29.3 Å². The molecule has 1 saturated heterocycles. The van der Waals surface area contributed by atoms with E-state index < -0.39 is 17.7 Å². The van der Waals surface area contributed by atoms with E-state index in [2.05, 4.69) is 0 Å². The van der Waals surface area contributed by atoms with Gasteiger partial charge in [0, 0.05) is 18.7 Å². The molecule has 2 aromatic rings. The van der Waals surface area contributed by atoms with E-state index in [4.69, 9.17) is 9.47 Å². The maximum absolute atomic E-state index is 13.1. The van der Waals surface area contributed by atoms with Crippen molar-refractivity contribution in [3.8, 4) is 17.2 Å². The van der Waals surface area contributed by atoms with E-state index in [-0.39, 0.29) is 35.5 Å². The quantitative estimate of drug-likeness (QED) is 0.330. The van der Waals surface area contributed by atoms with E-state index in [0.29, 0.717) is 30.0 Å². The highest BCUT2D eigenvalue weighted by molar-refractivity contribution is 6.46. The Morgan fingerprint density at radius 2 is 1.79 bits per heavy atom. The van der Waals surface area contributed by atoms with E-state index in [9.17, 15) is 19.8 Å². The molecule has 3 rings (SSSR count). The summed E-state index contributed by atoms with van der Waals surface area (Å²) in [6.07, 6.45) is -0.00417. The number of carbonyl (C=O) groups excluding carboxylic acids is 2. The third-order valence-electron chi connectivity index (χ3n) is 5.43. The molecule has 2 aromatic carbocycles. The monoisotopic (exact) mass is 468 g/mol. The van der Waals surface area contributed by atoms with Crippen LogP contribution >= 0.6 is 0 Å². The fourth-order valence-electron chi connectivity index (χ4n) is 3.86. The lowest BCUT2D eigenvalue weighted by Crippen LogP contribution is -2.35. The highest BCUT2D eigenvalue weighted by Gasteiger charge is 2.46. The first kappa shape index (κ1) is 25.1. The zero-order valence-corrected chi connectivity index (χ0v) is 20.2. The lowest BCUT2D eigenvalue weighted by Gasteiger charge is -2.27. The number of aliphatic hydroxyl groups is 1. The molecule has 1 aliphatic rings. The number of benzene rings is 2. The largest absolute Gasteiger partial charge is 0.507 e. The lowest BCUT2D eigenvalue weighted by atomic mass is 9.95. The normalized spacial score (nSPS) is 17.6. The molecule has 0 aliphatic carbocycles. The molecule has 0 spiro atoms. The van der Waals surface area contributed by atoms with Gasteiger partial charge in [-0.2, -0.15) is 0 Å². The Kier molecular flexibility index (Phi) is 7.83. The molecule has 0 aromatic heterocycles. The van der Waals surface area contributed by atoms with Crippen LogP contribution in [0.4, 0.5) is 0 Å².